The molecule has 2 aliphatic carbocycles. The van der Waals surface area contributed by atoms with Gasteiger partial charge in [0.15, 0.2) is 0 Å². The number of allylic oxidation sites excluding steroid dienone is 4. The second-order valence-corrected chi connectivity index (χ2v) is 7.53. The highest BCUT2D eigenvalue weighted by molar-refractivity contribution is 6.34. The molecule has 0 bridgehead atoms. The maximum Gasteiger partial charge on any atom is 0.201 e. The number of ether oxygens (including phenoxy) is 1. The van der Waals surface area contributed by atoms with Crippen LogP contribution in [0.4, 0.5) is 0 Å². The fraction of sp³-hybridized carbons (Fsp3) is 0.316. The predicted octanol–water partition coefficient (Wildman–Crippen LogP) is 4.54. The fourth-order valence-corrected chi connectivity index (χ4v) is 3.62. The van der Waals surface area contributed by atoms with Crippen molar-refractivity contribution in [1.82, 2.24) is 4.98 Å². The van der Waals surface area contributed by atoms with Crippen LogP contribution in [0, 0.1) is 5.92 Å². The molecule has 2 N–H and O–H groups in total. The molecule has 130 valence electrons. The van der Waals surface area contributed by atoms with E-state index in [1.54, 1.807) is 24.4 Å². The van der Waals surface area contributed by atoms with E-state index < -0.39 is 0 Å². The van der Waals surface area contributed by atoms with Gasteiger partial charge in [-0.05, 0) is 30.9 Å². The lowest BCUT2D eigenvalue weighted by Gasteiger charge is -2.15. The maximum absolute atomic E-state index is 13.0. The highest BCUT2D eigenvalue weighted by Gasteiger charge is 2.23. The van der Waals surface area contributed by atoms with E-state index >= 15 is 0 Å². The number of phenolic OH excluding ortho intramolecular Hbond substituents is 1. The summed E-state index contributed by atoms with van der Waals surface area (Å²) < 4.78 is 5.82. The summed E-state index contributed by atoms with van der Waals surface area (Å²) in [5, 5.41) is 10.8. The number of H-pyrrole nitrogens is 1. The molecule has 1 heterocycles. The van der Waals surface area contributed by atoms with Gasteiger partial charge in [-0.3, -0.25) is 4.79 Å². The number of nitrogens with one attached hydrogen (secondary N) is 1. The molecule has 1 aromatic heterocycles. The number of aromatic amines is 1. The molecular formula is C19H17Cl2NO3. The summed E-state index contributed by atoms with van der Waals surface area (Å²) in [5.41, 5.74) is 1.26. The Morgan fingerprint density at radius 2 is 2.12 bits per heavy atom. The minimum atomic E-state index is -0.283. The molecule has 0 spiro atoms. The lowest BCUT2D eigenvalue weighted by atomic mass is 9.98. The van der Waals surface area contributed by atoms with Crippen LogP contribution in [0.1, 0.15) is 24.8 Å². The molecule has 2 aromatic rings. The van der Waals surface area contributed by atoms with E-state index in [0.29, 0.717) is 46.4 Å². The van der Waals surface area contributed by atoms with E-state index in [2.05, 4.69) is 4.98 Å². The molecule has 6 heteroatoms. The Kier molecular flexibility index (Phi) is 4.26. The van der Waals surface area contributed by atoms with Gasteiger partial charge in [0.05, 0.1) is 22.9 Å². The Balaban J connectivity index is 1.82. The second kappa shape index (κ2) is 6.43. The Labute approximate surface area is 154 Å². The van der Waals surface area contributed by atoms with Gasteiger partial charge in [-0.15, -0.1) is 11.6 Å². The number of aromatic hydroxyl groups is 1. The van der Waals surface area contributed by atoms with E-state index in [4.69, 9.17) is 27.9 Å². The van der Waals surface area contributed by atoms with Crippen LogP contribution in [0.25, 0.3) is 16.5 Å². The number of rotatable bonds is 4. The fourth-order valence-electron chi connectivity index (χ4n) is 2.98. The van der Waals surface area contributed by atoms with Crippen molar-refractivity contribution in [2.75, 3.05) is 6.61 Å². The average Bonchev–Trinajstić information content (AvgIpc) is 3.39. The van der Waals surface area contributed by atoms with Crippen LogP contribution in [0.2, 0.25) is 0 Å². The third kappa shape index (κ3) is 3.16. The van der Waals surface area contributed by atoms with Crippen molar-refractivity contribution >= 4 is 39.7 Å². The molecule has 1 saturated carbocycles. The molecule has 2 aliphatic rings. The van der Waals surface area contributed by atoms with Crippen molar-refractivity contribution in [3.63, 3.8) is 0 Å². The molecule has 4 rings (SSSR count). The lowest BCUT2D eigenvalue weighted by molar-refractivity contribution is 0.302. The summed E-state index contributed by atoms with van der Waals surface area (Å²) in [6.07, 6.45) is 8.01. The quantitative estimate of drug-likeness (QED) is 0.768. The number of fused-ring (bicyclic) bond motifs is 1. The summed E-state index contributed by atoms with van der Waals surface area (Å²) in [7, 11) is 0. The van der Waals surface area contributed by atoms with Crippen molar-refractivity contribution in [2.45, 2.75) is 24.6 Å². The molecular weight excluding hydrogens is 361 g/mol. The Hall–Kier alpha value is -1.91. The van der Waals surface area contributed by atoms with Gasteiger partial charge in [0.25, 0.3) is 0 Å². The van der Waals surface area contributed by atoms with Crippen LogP contribution in [0.3, 0.4) is 0 Å². The van der Waals surface area contributed by atoms with Gasteiger partial charge in [0, 0.05) is 28.8 Å². The number of benzene rings is 1. The van der Waals surface area contributed by atoms with Crippen LogP contribution >= 0.6 is 23.2 Å². The third-order valence-electron chi connectivity index (χ3n) is 4.58. The van der Waals surface area contributed by atoms with Gasteiger partial charge in [0.2, 0.25) is 5.43 Å². The first-order valence-electron chi connectivity index (χ1n) is 8.26. The predicted molar refractivity (Wildman–Crippen MR) is 101 cm³/mol. The Morgan fingerprint density at radius 3 is 2.84 bits per heavy atom. The molecule has 0 saturated heterocycles. The van der Waals surface area contributed by atoms with E-state index in [9.17, 15) is 9.90 Å². The van der Waals surface area contributed by atoms with Crippen LogP contribution in [0.5, 0.6) is 11.5 Å². The molecule has 25 heavy (non-hydrogen) atoms. The zero-order valence-electron chi connectivity index (χ0n) is 13.4. The summed E-state index contributed by atoms with van der Waals surface area (Å²) >= 11 is 12.4. The number of hydrogen-bond donors (Lipinski definition) is 2. The van der Waals surface area contributed by atoms with Gasteiger partial charge in [0.1, 0.15) is 11.5 Å². The first kappa shape index (κ1) is 16.6. The van der Waals surface area contributed by atoms with Gasteiger partial charge >= 0.3 is 0 Å². The maximum atomic E-state index is 13.0. The van der Waals surface area contributed by atoms with E-state index in [1.165, 1.54) is 18.9 Å². The van der Waals surface area contributed by atoms with E-state index in [1.807, 2.05) is 0 Å². The average molecular weight is 378 g/mol. The summed E-state index contributed by atoms with van der Waals surface area (Å²) in [6.45, 7) is 0.625. The SMILES string of the molecule is O=c1c(C2=C(Cl)CC(Cl)C=C2)c[nH]c2c(OCC3CC3)ccc(O)c12. The van der Waals surface area contributed by atoms with Crippen molar-refractivity contribution in [3.05, 3.63) is 51.3 Å². The van der Waals surface area contributed by atoms with Crippen molar-refractivity contribution in [2.24, 2.45) is 5.92 Å². The van der Waals surface area contributed by atoms with Crippen LogP contribution in [0.15, 0.2) is 40.3 Å². The molecule has 0 amide bonds. The molecule has 1 fully saturated rings. The smallest absolute Gasteiger partial charge is 0.201 e. The van der Waals surface area contributed by atoms with Gasteiger partial charge in [-0.1, -0.05) is 23.8 Å². The minimum Gasteiger partial charge on any atom is -0.507 e. The molecule has 1 unspecified atom stereocenters. The van der Waals surface area contributed by atoms with Gasteiger partial charge < -0.3 is 14.8 Å². The lowest BCUT2D eigenvalue weighted by Crippen LogP contribution is -2.13. The second-order valence-electron chi connectivity index (χ2n) is 6.52. The summed E-state index contributed by atoms with van der Waals surface area (Å²) in [5.74, 6) is 1.08. The Bertz CT molecular complexity index is 957. The van der Waals surface area contributed by atoms with Crippen molar-refractivity contribution < 1.29 is 9.84 Å². The largest absolute Gasteiger partial charge is 0.507 e. The number of aromatic nitrogens is 1. The van der Waals surface area contributed by atoms with E-state index in [-0.39, 0.29) is 21.9 Å². The molecule has 1 atom stereocenters. The highest BCUT2D eigenvalue weighted by atomic mass is 35.5. The zero-order valence-corrected chi connectivity index (χ0v) is 14.9. The molecule has 4 nitrogen and oxygen atoms in total. The van der Waals surface area contributed by atoms with Crippen LogP contribution < -0.4 is 10.2 Å². The Morgan fingerprint density at radius 1 is 1.32 bits per heavy atom. The number of phenols is 1. The van der Waals surface area contributed by atoms with Crippen LogP contribution in [-0.4, -0.2) is 22.1 Å². The first-order valence-corrected chi connectivity index (χ1v) is 9.07. The van der Waals surface area contributed by atoms with Crippen molar-refractivity contribution in [3.8, 4) is 11.5 Å². The summed E-state index contributed by atoms with van der Waals surface area (Å²) in [4.78, 5) is 16.1. The molecule has 0 radical (unpaired) electrons. The standard InChI is InChI=1S/C19H17Cl2NO3/c20-11-3-4-12(14(21)7-11)13-8-22-18-16(25-9-10-1-2-10)6-5-15(23)17(18)19(13)24/h3-6,8,10-11,23H,1-2,7,9H2,(H,22,24). The molecule has 0 aliphatic heterocycles. The highest BCUT2D eigenvalue weighted by Crippen LogP contribution is 2.35. The van der Waals surface area contributed by atoms with Crippen LogP contribution in [-0.2, 0) is 0 Å². The minimum absolute atomic E-state index is 0.0800. The number of pyridine rings is 1. The first-order chi connectivity index (χ1) is 12.0. The topological polar surface area (TPSA) is 62.3 Å². The normalized spacial score (nSPS) is 20.3. The van der Waals surface area contributed by atoms with E-state index in [0.717, 1.165) is 0 Å². The monoisotopic (exact) mass is 377 g/mol. The third-order valence-corrected chi connectivity index (χ3v) is 5.24. The number of halogens is 2. The molecule has 1 aromatic carbocycles. The zero-order chi connectivity index (χ0) is 17.6. The number of hydrogen-bond acceptors (Lipinski definition) is 3. The number of alkyl halides is 1. The van der Waals surface area contributed by atoms with Gasteiger partial charge in [-0.25, -0.2) is 0 Å². The summed E-state index contributed by atoms with van der Waals surface area (Å²) in [6, 6.07) is 3.17. The van der Waals surface area contributed by atoms with Gasteiger partial charge in [-0.2, -0.15) is 0 Å². The van der Waals surface area contributed by atoms with Crippen molar-refractivity contribution in [1.29, 1.82) is 0 Å².